The lowest BCUT2D eigenvalue weighted by Gasteiger charge is -2.36. The number of benzene rings is 1. The van der Waals surface area contributed by atoms with Gasteiger partial charge in [-0.05, 0) is 65.1 Å². The fraction of sp³-hybridized carbons (Fsp3) is 0.625. The quantitative estimate of drug-likeness (QED) is 0.757. The van der Waals surface area contributed by atoms with Gasteiger partial charge in [0.2, 0.25) is 5.91 Å². The van der Waals surface area contributed by atoms with Crippen molar-refractivity contribution < 1.29 is 18.7 Å². The van der Waals surface area contributed by atoms with Crippen molar-refractivity contribution >= 4 is 23.1 Å². The van der Waals surface area contributed by atoms with Gasteiger partial charge in [0.25, 0.3) is 0 Å². The highest BCUT2D eigenvalue weighted by Crippen LogP contribution is 2.21. The summed E-state index contributed by atoms with van der Waals surface area (Å²) in [6.45, 7) is 8.47. The Kier molecular flexibility index (Phi) is 6.78. The van der Waals surface area contributed by atoms with Gasteiger partial charge in [0.05, 0.1) is 18.1 Å². The number of aromatic nitrogens is 1. The standard InChI is InChI=1S/C24H34N4O5/c1-24(2,3)33-22(30)27-13-6-8-17(14-27)21(29)25-18-9-7-12-26(15-18)16-28-19-10-4-5-11-20(19)32-23(28)31/h4-5,10-11,17-18H,6-9,12-16H2,1-3H3,(H,25,29). The molecule has 9 nitrogen and oxygen atoms in total. The molecule has 180 valence electrons. The summed E-state index contributed by atoms with van der Waals surface area (Å²) in [6.07, 6.45) is 3.01. The lowest BCUT2D eigenvalue weighted by molar-refractivity contribution is -0.127. The Labute approximate surface area is 193 Å². The van der Waals surface area contributed by atoms with E-state index in [1.807, 2.05) is 39.0 Å². The van der Waals surface area contributed by atoms with Crippen LogP contribution in [0.15, 0.2) is 33.5 Å². The third-order valence-corrected chi connectivity index (χ3v) is 6.21. The smallest absolute Gasteiger partial charge is 0.421 e. The van der Waals surface area contributed by atoms with Crippen LogP contribution in [0.25, 0.3) is 11.1 Å². The van der Waals surface area contributed by atoms with Gasteiger partial charge in [-0.1, -0.05) is 12.1 Å². The van der Waals surface area contributed by atoms with Crippen LogP contribution in [0.5, 0.6) is 0 Å². The number of amides is 2. The molecule has 0 aliphatic carbocycles. The molecular formula is C24H34N4O5. The molecule has 2 amide bonds. The van der Waals surface area contributed by atoms with Crippen LogP contribution in [0.3, 0.4) is 0 Å². The molecule has 2 aliphatic rings. The minimum atomic E-state index is -0.555. The summed E-state index contributed by atoms with van der Waals surface area (Å²) in [5, 5.41) is 3.19. The second-order valence-electron chi connectivity index (χ2n) is 10.1. The monoisotopic (exact) mass is 458 g/mol. The summed E-state index contributed by atoms with van der Waals surface area (Å²) in [6, 6.07) is 7.41. The molecule has 2 saturated heterocycles. The van der Waals surface area contributed by atoms with Crippen LogP contribution in [0.4, 0.5) is 4.79 Å². The SMILES string of the molecule is CC(C)(C)OC(=O)N1CCCC(C(=O)NC2CCCN(Cn3c(=O)oc4ccccc43)C2)C1. The summed E-state index contributed by atoms with van der Waals surface area (Å²) in [5.74, 6) is -0.616. The number of hydrogen-bond donors (Lipinski definition) is 1. The van der Waals surface area contributed by atoms with Crippen molar-refractivity contribution in [3.05, 3.63) is 34.8 Å². The molecule has 1 N–H and O–H groups in total. The second kappa shape index (κ2) is 9.59. The van der Waals surface area contributed by atoms with Crippen LogP contribution in [-0.2, 0) is 16.2 Å². The van der Waals surface area contributed by atoms with E-state index in [0.29, 0.717) is 31.9 Å². The first-order valence-corrected chi connectivity index (χ1v) is 11.8. The van der Waals surface area contributed by atoms with Gasteiger partial charge in [0, 0.05) is 25.7 Å². The highest BCUT2D eigenvalue weighted by atomic mass is 16.6. The molecule has 3 heterocycles. The molecule has 4 rings (SSSR count). The molecule has 0 bridgehead atoms. The number of fused-ring (bicyclic) bond motifs is 1. The van der Waals surface area contributed by atoms with E-state index in [2.05, 4.69) is 10.2 Å². The van der Waals surface area contributed by atoms with Crippen LogP contribution in [0, 0.1) is 5.92 Å². The fourth-order valence-electron chi connectivity index (χ4n) is 4.65. The number of para-hydroxylation sites is 2. The zero-order valence-corrected chi connectivity index (χ0v) is 19.7. The van der Waals surface area contributed by atoms with Crippen molar-refractivity contribution in [1.82, 2.24) is 19.7 Å². The lowest BCUT2D eigenvalue weighted by Crippen LogP contribution is -2.52. The first-order valence-electron chi connectivity index (χ1n) is 11.8. The largest absolute Gasteiger partial charge is 0.444 e. The van der Waals surface area contributed by atoms with Crippen LogP contribution >= 0.6 is 0 Å². The van der Waals surface area contributed by atoms with Gasteiger partial charge < -0.3 is 19.4 Å². The minimum absolute atomic E-state index is 0.0111. The van der Waals surface area contributed by atoms with Crippen molar-refractivity contribution in [2.45, 2.75) is 64.8 Å². The topological polar surface area (TPSA) is 97.0 Å². The summed E-state index contributed by atoms with van der Waals surface area (Å²) in [7, 11) is 0. The molecule has 2 fully saturated rings. The summed E-state index contributed by atoms with van der Waals surface area (Å²) >= 11 is 0. The molecule has 2 aliphatic heterocycles. The second-order valence-corrected chi connectivity index (χ2v) is 10.1. The molecule has 2 unspecified atom stereocenters. The van der Waals surface area contributed by atoms with E-state index in [1.165, 1.54) is 0 Å². The molecular weight excluding hydrogens is 424 g/mol. The van der Waals surface area contributed by atoms with E-state index >= 15 is 0 Å². The van der Waals surface area contributed by atoms with E-state index in [4.69, 9.17) is 9.15 Å². The highest BCUT2D eigenvalue weighted by molar-refractivity contribution is 5.80. The number of nitrogens with one attached hydrogen (secondary N) is 1. The first kappa shape index (κ1) is 23.4. The maximum absolute atomic E-state index is 13.0. The Morgan fingerprint density at radius 2 is 1.88 bits per heavy atom. The molecule has 33 heavy (non-hydrogen) atoms. The molecule has 1 aromatic heterocycles. The molecule has 0 radical (unpaired) electrons. The molecule has 2 atom stereocenters. The molecule has 2 aromatic rings. The van der Waals surface area contributed by atoms with E-state index in [0.717, 1.165) is 37.7 Å². The molecule has 0 saturated carbocycles. The van der Waals surface area contributed by atoms with Crippen molar-refractivity contribution in [2.24, 2.45) is 5.92 Å². The Bertz CT molecular complexity index is 1050. The van der Waals surface area contributed by atoms with E-state index in [-0.39, 0.29) is 29.7 Å². The maximum Gasteiger partial charge on any atom is 0.421 e. The van der Waals surface area contributed by atoms with Gasteiger partial charge in [-0.3, -0.25) is 14.3 Å². The summed E-state index contributed by atoms with van der Waals surface area (Å²) in [5.41, 5.74) is 0.800. The number of likely N-dealkylation sites (tertiary alicyclic amines) is 2. The van der Waals surface area contributed by atoms with Crippen LogP contribution in [-0.4, -0.2) is 64.2 Å². The van der Waals surface area contributed by atoms with Crippen molar-refractivity contribution in [3.63, 3.8) is 0 Å². The Morgan fingerprint density at radius 1 is 1.12 bits per heavy atom. The zero-order valence-electron chi connectivity index (χ0n) is 19.7. The van der Waals surface area contributed by atoms with Gasteiger partial charge in [0.1, 0.15) is 5.60 Å². The number of nitrogens with zero attached hydrogens (tertiary/aromatic N) is 3. The highest BCUT2D eigenvalue weighted by Gasteiger charge is 2.32. The molecule has 0 spiro atoms. The van der Waals surface area contributed by atoms with E-state index in [9.17, 15) is 14.4 Å². The van der Waals surface area contributed by atoms with Gasteiger partial charge in [-0.2, -0.15) is 0 Å². The third kappa shape index (κ3) is 5.76. The van der Waals surface area contributed by atoms with Crippen molar-refractivity contribution in [3.8, 4) is 0 Å². The Balaban J connectivity index is 1.33. The predicted molar refractivity (Wildman–Crippen MR) is 124 cm³/mol. The molecule has 9 heteroatoms. The van der Waals surface area contributed by atoms with Gasteiger partial charge >= 0.3 is 11.8 Å². The first-order chi connectivity index (χ1) is 15.7. The zero-order chi connectivity index (χ0) is 23.6. The van der Waals surface area contributed by atoms with Crippen molar-refractivity contribution in [1.29, 1.82) is 0 Å². The maximum atomic E-state index is 13.0. The van der Waals surface area contributed by atoms with E-state index < -0.39 is 5.60 Å². The normalized spacial score (nSPS) is 22.3. The Hall–Kier alpha value is -2.81. The van der Waals surface area contributed by atoms with Crippen LogP contribution in [0.1, 0.15) is 46.5 Å². The van der Waals surface area contributed by atoms with Gasteiger partial charge in [-0.15, -0.1) is 0 Å². The number of rotatable bonds is 4. The number of oxazole rings is 1. The minimum Gasteiger partial charge on any atom is -0.444 e. The molecule has 1 aromatic carbocycles. The van der Waals surface area contributed by atoms with Gasteiger partial charge in [0.15, 0.2) is 5.58 Å². The van der Waals surface area contributed by atoms with Crippen LogP contribution in [0.2, 0.25) is 0 Å². The summed E-state index contributed by atoms with van der Waals surface area (Å²) in [4.78, 5) is 41.5. The number of ether oxygens (including phenoxy) is 1. The van der Waals surface area contributed by atoms with E-state index in [1.54, 1.807) is 15.5 Å². The Morgan fingerprint density at radius 3 is 2.67 bits per heavy atom. The number of carbonyl (C=O) groups is 2. The number of piperidine rings is 2. The summed E-state index contributed by atoms with van der Waals surface area (Å²) < 4.78 is 12.5. The average Bonchev–Trinajstić information content (AvgIpc) is 3.08. The number of carbonyl (C=O) groups excluding carboxylic acids is 2. The average molecular weight is 459 g/mol. The van der Waals surface area contributed by atoms with Gasteiger partial charge in [-0.25, -0.2) is 9.59 Å². The number of hydrogen-bond acceptors (Lipinski definition) is 6. The lowest BCUT2D eigenvalue weighted by atomic mass is 9.96. The van der Waals surface area contributed by atoms with Crippen LogP contribution < -0.4 is 11.1 Å². The fourth-order valence-corrected chi connectivity index (χ4v) is 4.65. The van der Waals surface area contributed by atoms with Crippen molar-refractivity contribution in [2.75, 3.05) is 26.2 Å². The third-order valence-electron chi connectivity index (χ3n) is 6.21. The predicted octanol–water partition coefficient (Wildman–Crippen LogP) is 2.78.